The van der Waals surface area contributed by atoms with Crippen LogP contribution >= 0.6 is 0 Å². The van der Waals surface area contributed by atoms with E-state index in [0.717, 1.165) is 0 Å². The molecule has 0 unspecified atom stereocenters. The molecule has 1 spiro atoms. The summed E-state index contributed by atoms with van der Waals surface area (Å²) in [6.07, 6.45) is 0. The Morgan fingerprint density at radius 2 is 0.730 bits per heavy atom. The Hall–Kier alpha value is -8.06. The van der Waals surface area contributed by atoms with Crippen molar-refractivity contribution in [2.24, 2.45) is 0 Å². The lowest BCUT2D eigenvalue weighted by molar-refractivity contribution is 0.802. The molecule has 0 atom stereocenters. The highest BCUT2D eigenvalue weighted by molar-refractivity contribution is 6.24. The molecule has 0 saturated carbocycles. The minimum Gasteiger partial charge on any atom is -0.0622 e. The molecule has 0 amide bonds. The second kappa shape index (κ2) is 13.0. The fourth-order valence-corrected chi connectivity index (χ4v) is 11.9. The Morgan fingerprint density at radius 1 is 0.222 bits per heavy atom. The molecule has 0 aliphatic heterocycles. The molecule has 0 aromatic heterocycles. The van der Waals surface area contributed by atoms with Crippen molar-refractivity contribution in [3.63, 3.8) is 0 Å². The molecule has 0 radical (unpaired) electrons. The summed E-state index contributed by atoms with van der Waals surface area (Å²) in [7, 11) is 0. The molecule has 0 heterocycles. The van der Waals surface area contributed by atoms with E-state index < -0.39 is 5.41 Å². The van der Waals surface area contributed by atoms with Crippen molar-refractivity contribution in [1.82, 2.24) is 0 Å². The first-order chi connectivity index (χ1) is 31.3. The predicted molar refractivity (Wildman–Crippen MR) is 267 cm³/mol. The quantitative estimate of drug-likeness (QED) is 0.156. The van der Waals surface area contributed by atoms with E-state index in [-0.39, 0.29) is 0 Å². The maximum atomic E-state index is 2.49. The SMILES string of the molecule is c1ccc(-c2ccc(-c3c4ccccc4c(-c4ccc5c6c(ccc5c4)-c4cc5ccccc5cc4C64c5ccccc5-c5ccccc54)c4ccccc34)c3ccccc23)cc1. The van der Waals surface area contributed by atoms with Crippen LogP contribution in [-0.2, 0) is 5.41 Å². The summed E-state index contributed by atoms with van der Waals surface area (Å²) in [5, 5.41) is 12.7. The first kappa shape index (κ1) is 34.6. The van der Waals surface area contributed by atoms with E-state index in [1.54, 1.807) is 0 Å². The third-order valence-electron chi connectivity index (χ3n) is 14.4. The summed E-state index contributed by atoms with van der Waals surface area (Å²) in [6, 6.07) is 86.6. The molecule has 0 fully saturated rings. The van der Waals surface area contributed by atoms with E-state index in [1.807, 2.05) is 0 Å². The number of hydrogen-bond donors (Lipinski definition) is 0. The lowest BCUT2D eigenvalue weighted by Crippen LogP contribution is -2.26. The highest BCUT2D eigenvalue weighted by atomic mass is 14.5. The summed E-state index contributed by atoms with van der Waals surface area (Å²) in [5.41, 5.74) is 17.9. The minimum atomic E-state index is -0.442. The van der Waals surface area contributed by atoms with Gasteiger partial charge in [-0.2, -0.15) is 0 Å². The van der Waals surface area contributed by atoms with Gasteiger partial charge in [0.2, 0.25) is 0 Å². The van der Waals surface area contributed by atoms with Crippen molar-refractivity contribution < 1.29 is 0 Å². The number of fused-ring (bicyclic) bond motifs is 16. The van der Waals surface area contributed by atoms with Gasteiger partial charge in [-0.1, -0.05) is 212 Å². The standard InChI is InChI=1S/C63H38/c1-2-16-39(17-3-1)44-34-35-54(47-21-7-6-20-46(44)47)61-52-26-10-8-24-50(52)60(51-25-9-11-27-53(51)61)43-31-32-45-42(36-43)30-33-55-56-37-40-18-4-5-19-41(40)38-59(56)63(62(45)55)57-28-14-12-22-48(57)49-23-13-15-29-58(49)63/h1-38H. The number of benzene rings is 12. The lowest BCUT2D eigenvalue weighted by Gasteiger charge is -2.31. The van der Waals surface area contributed by atoms with E-state index in [2.05, 4.69) is 231 Å². The van der Waals surface area contributed by atoms with Crippen LogP contribution in [0.2, 0.25) is 0 Å². The van der Waals surface area contributed by atoms with Crippen LogP contribution in [0.4, 0.5) is 0 Å². The first-order valence-electron chi connectivity index (χ1n) is 22.1. The zero-order valence-electron chi connectivity index (χ0n) is 34.4. The van der Waals surface area contributed by atoms with Crippen molar-refractivity contribution in [1.29, 1.82) is 0 Å². The summed E-state index contributed by atoms with van der Waals surface area (Å²) in [4.78, 5) is 0. The van der Waals surface area contributed by atoms with Gasteiger partial charge >= 0.3 is 0 Å². The molecular weight excluding hydrogens is 757 g/mol. The monoisotopic (exact) mass is 794 g/mol. The predicted octanol–water partition coefficient (Wildman–Crippen LogP) is 16.8. The highest BCUT2D eigenvalue weighted by Crippen LogP contribution is 2.64. The van der Waals surface area contributed by atoms with E-state index in [4.69, 9.17) is 0 Å². The van der Waals surface area contributed by atoms with Crippen molar-refractivity contribution in [3.05, 3.63) is 253 Å². The van der Waals surface area contributed by atoms with E-state index in [1.165, 1.54) is 132 Å². The van der Waals surface area contributed by atoms with Crippen LogP contribution in [0.3, 0.4) is 0 Å². The first-order valence-corrected chi connectivity index (χ1v) is 22.1. The van der Waals surface area contributed by atoms with E-state index in [9.17, 15) is 0 Å². The van der Waals surface area contributed by atoms with Crippen LogP contribution in [0.1, 0.15) is 22.3 Å². The van der Waals surface area contributed by atoms with Crippen LogP contribution in [0.15, 0.2) is 231 Å². The van der Waals surface area contributed by atoms with Gasteiger partial charge in [0.1, 0.15) is 0 Å². The van der Waals surface area contributed by atoms with Crippen molar-refractivity contribution in [2.75, 3.05) is 0 Å². The van der Waals surface area contributed by atoms with Crippen LogP contribution in [0.25, 0.3) is 109 Å². The second-order valence-corrected chi connectivity index (χ2v) is 17.4. The molecule has 14 rings (SSSR count). The molecule has 0 saturated heterocycles. The van der Waals surface area contributed by atoms with Crippen LogP contribution in [-0.4, -0.2) is 0 Å². The third-order valence-corrected chi connectivity index (χ3v) is 14.4. The molecule has 63 heavy (non-hydrogen) atoms. The lowest BCUT2D eigenvalue weighted by atomic mass is 9.69. The molecule has 0 nitrogen and oxygen atoms in total. The maximum Gasteiger partial charge on any atom is 0.0731 e. The number of hydrogen-bond acceptors (Lipinski definition) is 0. The van der Waals surface area contributed by atoms with Gasteiger partial charge in [0, 0.05) is 0 Å². The van der Waals surface area contributed by atoms with Crippen LogP contribution in [0.5, 0.6) is 0 Å². The number of rotatable bonds is 3. The van der Waals surface area contributed by atoms with Gasteiger partial charge in [-0.15, -0.1) is 0 Å². The minimum absolute atomic E-state index is 0.442. The molecule has 12 aromatic carbocycles. The second-order valence-electron chi connectivity index (χ2n) is 17.4. The van der Waals surface area contributed by atoms with Gasteiger partial charge in [-0.25, -0.2) is 0 Å². The summed E-state index contributed by atoms with van der Waals surface area (Å²) >= 11 is 0. The third kappa shape index (κ3) is 4.65. The average molecular weight is 795 g/mol. The summed E-state index contributed by atoms with van der Waals surface area (Å²) in [5.74, 6) is 0. The molecule has 0 N–H and O–H groups in total. The maximum absolute atomic E-state index is 2.49. The molecule has 2 aliphatic carbocycles. The zero-order valence-corrected chi connectivity index (χ0v) is 34.4. The molecule has 2 aliphatic rings. The van der Waals surface area contributed by atoms with Gasteiger partial charge in [-0.05, 0) is 150 Å². The molecule has 0 heteroatoms. The van der Waals surface area contributed by atoms with Gasteiger partial charge in [-0.3, -0.25) is 0 Å². The van der Waals surface area contributed by atoms with Gasteiger partial charge in [0.15, 0.2) is 0 Å². The fourth-order valence-electron chi connectivity index (χ4n) is 11.9. The normalized spacial score (nSPS) is 13.2. The molecular formula is C63H38. The molecule has 0 bridgehead atoms. The Bertz CT molecular complexity index is 3800. The fraction of sp³-hybridized carbons (Fsp3) is 0.0159. The Balaban J connectivity index is 1.03. The van der Waals surface area contributed by atoms with E-state index in [0.29, 0.717) is 0 Å². The van der Waals surface area contributed by atoms with Gasteiger partial charge < -0.3 is 0 Å². The molecule has 290 valence electrons. The summed E-state index contributed by atoms with van der Waals surface area (Å²) < 4.78 is 0. The van der Waals surface area contributed by atoms with E-state index >= 15 is 0 Å². The van der Waals surface area contributed by atoms with Crippen molar-refractivity contribution in [3.8, 4) is 55.6 Å². The van der Waals surface area contributed by atoms with Crippen molar-refractivity contribution >= 4 is 53.9 Å². The average Bonchev–Trinajstić information content (AvgIpc) is 3.81. The highest BCUT2D eigenvalue weighted by Gasteiger charge is 2.52. The largest absolute Gasteiger partial charge is 0.0731 e. The van der Waals surface area contributed by atoms with Crippen LogP contribution < -0.4 is 0 Å². The van der Waals surface area contributed by atoms with Crippen molar-refractivity contribution in [2.45, 2.75) is 5.41 Å². The Morgan fingerprint density at radius 3 is 1.40 bits per heavy atom. The summed E-state index contributed by atoms with van der Waals surface area (Å²) in [6.45, 7) is 0. The zero-order chi connectivity index (χ0) is 41.2. The topological polar surface area (TPSA) is 0 Å². The Labute approximate surface area is 366 Å². The van der Waals surface area contributed by atoms with Gasteiger partial charge in [0.05, 0.1) is 5.41 Å². The smallest absolute Gasteiger partial charge is 0.0622 e. The van der Waals surface area contributed by atoms with Gasteiger partial charge in [0.25, 0.3) is 0 Å². The molecule has 12 aromatic rings. The van der Waals surface area contributed by atoms with Crippen LogP contribution in [0, 0.1) is 0 Å². The Kier molecular flexibility index (Phi) is 7.13.